The Morgan fingerprint density at radius 2 is 2.60 bits per heavy atom. The van der Waals surface area contributed by atoms with Gasteiger partial charge in [-0.15, -0.1) is 0 Å². The first-order valence-corrected chi connectivity index (χ1v) is 4.12. The molecule has 0 aromatic heterocycles. The Kier molecular flexibility index (Phi) is 1.87. The molecule has 1 fully saturated rings. The molecule has 1 atom stereocenters. The molecule has 0 aromatic carbocycles. The molecular formula is C5H7NO2S2. The molecule has 5 heteroatoms. The van der Waals surface area contributed by atoms with Gasteiger partial charge in [0.25, 0.3) is 0 Å². The molecule has 1 heterocycles. The van der Waals surface area contributed by atoms with Crippen LogP contribution in [0.4, 0.5) is 0 Å². The van der Waals surface area contributed by atoms with E-state index in [1.807, 2.05) is 0 Å². The van der Waals surface area contributed by atoms with E-state index in [1.54, 1.807) is 6.92 Å². The van der Waals surface area contributed by atoms with Gasteiger partial charge in [0.1, 0.15) is 9.86 Å². The van der Waals surface area contributed by atoms with Crippen LogP contribution in [-0.4, -0.2) is 26.7 Å². The number of nitrogens with one attached hydrogen (secondary N) is 1. The second-order valence-electron chi connectivity index (χ2n) is 2.34. The number of hydrogen-bond donors (Lipinski definition) is 2. The fourth-order valence-corrected chi connectivity index (χ4v) is 1.94. The van der Waals surface area contributed by atoms with Crippen molar-refractivity contribution in [3.8, 4) is 0 Å². The van der Waals surface area contributed by atoms with Crippen LogP contribution in [0, 0.1) is 0 Å². The lowest BCUT2D eigenvalue weighted by Gasteiger charge is -2.16. The normalized spacial score (nSPS) is 31.9. The van der Waals surface area contributed by atoms with E-state index in [0.717, 1.165) is 0 Å². The Bertz CT molecular complexity index is 194. The quantitative estimate of drug-likeness (QED) is 0.570. The molecule has 0 radical (unpaired) electrons. The van der Waals surface area contributed by atoms with Gasteiger partial charge in [-0.05, 0) is 6.92 Å². The number of aliphatic carboxylic acids is 1. The number of carboxylic acids is 1. The Morgan fingerprint density at radius 1 is 2.00 bits per heavy atom. The number of thioether (sulfide) groups is 1. The molecule has 0 amide bonds. The molecule has 0 bridgehead atoms. The predicted octanol–water partition coefficient (Wildman–Crippen LogP) is 0.451. The molecule has 0 aliphatic carbocycles. The van der Waals surface area contributed by atoms with Gasteiger partial charge in [0, 0.05) is 5.75 Å². The Labute approximate surface area is 68.2 Å². The minimum Gasteiger partial charge on any atom is -0.479 e. The van der Waals surface area contributed by atoms with Crippen molar-refractivity contribution in [3.63, 3.8) is 0 Å². The fraction of sp³-hybridized carbons (Fsp3) is 0.600. The number of rotatable bonds is 1. The first-order valence-electron chi connectivity index (χ1n) is 2.73. The molecule has 1 rings (SSSR count). The lowest BCUT2D eigenvalue weighted by Crippen LogP contribution is -2.47. The van der Waals surface area contributed by atoms with E-state index in [1.165, 1.54) is 11.8 Å². The SMILES string of the molecule is CC1(C(=O)O)CSC(=S)N1. The van der Waals surface area contributed by atoms with Gasteiger partial charge in [0.05, 0.1) is 0 Å². The van der Waals surface area contributed by atoms with E-state index in [-0.39, 0.29) is 0 Å². The van der Waals surface area contributed by atoms with Crippen LogP contribution in [0.3, 0.4) is 0 Å². The van der Waals surface area contributed by atoms with Gasteiger partial charge in [-0.2, -0.15) is 0 Å². The van der Waals surface area contributed by atoms with Crippen molar-refractivity contribution in [1.82, 2.24) is 5.32 Å². The maximum Gasteiger partial charge on any atom is 0.329 e. The third-order valence-corrected chi connectivity index (χ3v) is 2.88. The number of carboxylic acid groups (broad SMARTS) is 1. The van der Waals surface area contributed by atoms with E-state index in [9.17, 15) is 4.79 Å². The van der Waals surface area contributed by atoms with Crippen LogP contribution in [0.1, 0.15) is 6.92 Å². The Hall–Kier alpha value is -0.290. The summed E-state index contributed by atoms with van der Waals surface area (Å²) in [7, 11) is 0. The van der Waals surface area contributed by atoms with Crippen molar-refractivity contribution in [3.05, 3.63) is 0 Å². The zero-order chi connectivity index (χ0) is 7.78. The van der Waals surface area contributed by atoms with Crippen molar-refractivity contribution in [2.75, 3.05) is 5.75 Å². The molecule has 56 valence electrons. The van der Waals surface area contributed by atoms with Crippen LogP contribution in [0.15, 0.2) is 0 Å². The summed E-state index contributed by atoms with van der Waals surface area (Å²) in [6.45, 7) is 1.63. The molecular weight excluding hydrogens is 170 g/mol. The van der Waals surface area contributed by atoms with Gasteiger partial charge < -0.3 is 10.4 Å². The third kappa shape index (κ3) is 1.24. The topological polar surface area (TPSA) is 49.3 Å². The molecule has 0 aromatic rings. The predicted molar refractivity (Wildman–Crippen MR) is 44.2 cm³/mol. The summed E-state index contributed by atoms with van der Waals surface area (Å²) in [6, 6.07) is 0. The highest BCUT2D eigenvalue weighted by molar-refractivity contribution is 8.23. The summed E-state index contributed by atoms with van der Waals surface area (Å²) in [5, 5.41) is 11.4. The molecule has 2 N–H and O–H groups in total. The summed E-state index contributed by atoms with van der Waals surface area (Å²) >= 11 is 6.15. The maximum absolute atomic E-state index is 10.5. The minimum absolute atomic E-state index is 0.515. The average Bonchev–Trinajstić information content (AvgIpc) is 2.13. The van der Waals surface area contributed by atoms with Gasteiger partial charge in [0.2, 0.25) is 0 Å². The summed E-state index contributed by atoms with van der Waals surface area (Å²) in [6.07, 6.45) is 0. The minimum atomic E-state index is -0.847. The summed E-state index contributed by atoms with van der Waals surface area (Å²) < 4.78 is 0.574. The van der Waals surface area contributed by atoms with Crippen molar-refractivity contribution in [1.29, 1.82) is 0 Å². The zero-order valence-corrected chi connectivity index (χ0v) is 7.01. The highest BCUT2D eigenvalue weighted by Crippen LogP contribution is 2.22. The average molecular weight is 177 g/mol. The Balaban J connectivity index is 2.72. The van der Waals surface area contributed by atoms with Crippen LogP contribution in [-0.2, 0) is 4.79 Å². The Morgan fingerprint density at radius 3 is 2.80 bits per heavy atom. The molecule has 1 saturated heterocycles. The van der Waals surface area contributed by atoms with E-state index in [2.05, 4.69) is 5.32 Å². The van der Waals surface area contributed by atoms with Crippen LogP contribution >= 0.6 is 24.0 Å². The van der Waals surface area contributed by atoms with E-state index in [0.29, 0.717) is 10.1 Å². The smallest absolute Gasteiger partial charge is 0.329 e. The largest absolute Gasteiger partial charge is 0.479 e. The molecule has 1 unspecified atom stereocenters. The lowest BCUT2D eigenvalue weighted by atomic mass is 10.1. The van der Waals surface area contributed by atoms with Gasteiger partial charge in [0.15, 0.2) is 0 Å². The summed E-state index contributed by atoms with van der Waals surface area (Å²) in [5.74, 6) is -0.332. The summed E-state index contributed by atoms with van der Waals surface area (Å²) in [5.41, 5.74) is -0.845. The first-order chi connectivity index (χ1) is 4.54. The number of hydrogen-bond acceptors (Lipinski definition) is 3. The van der Waals surface area contributed by atoms with Gasteiger partial charge in [-0.3, -0.25) is 0 Å². The standard InChI is InChI=1S/C5H7NO2S2/c1-5(3(7)8)2-10-4(9)6-5/h2H2,1H3,(H,6,9)(H,7,8). The highest BCUT2D eigenvalue weighted by Gasteiger charge is 2.38. The molecule has 10 heavy (non-hydrogen) atoms. The lowest BCUT2D eigenvalue weighted by molar-refractivity contribution is -0.142. The molecule has 0 saturated carbocycles. The van der Waals surface area contributed by atoms with Crippen LogP contribution in [0.25, 0.3) is 0 Å². The van der Waals surface area contributed by atoms with Crippen molar-refractivity contribution in [2.24, 2.45) is 0 Å². The van der Waals surface area contributed by atoms with Crippen LogP contribution in [0.2, 0.25) is 0 Å². The molecule has 0 spiro atoms. The fourth-order valence-electron chi connectivity index (χ4n) is 0.623. The number of carbonyl (C=O) groups is 1. The van der Waals surface area contributed by atoms with E-state index in [4.69, 9.17) is 17.3 Å². The van der Waals surface area contributed by atoms with E-state index >= 15 is 0 Å². The van der Waals surface area contributed by atoms with Gasteiger partial charge in [-0.1, -0.05) is 24.0 Å². The van der Waals surface area contributed by atoms with E-state index < -0.39 is 11.5 Å². The maximum atomic E-state index is 10.5. The number of thiocarbonyl (C=S) groups is 1. The third-order valence-electron chi connectivity index (χ3n) is 1.34. The van der Waals surface area contributed by atoms with Crippen molar-refractivity contribution < 1.29 is 9.90 Å². The second kappa shape index (κ2) is 2.39. The first kappa shape index (κ1) is 7.81. The van der Waals surface area contributed by atoms with Crippen molar-refractivity contribution in [2.45, 2.75) is 12.5 Å². The zero-order valence-electron chi connectivity index (χ0n) is 5.38. The van der Waals surface area contributed by atoms with Gasteiger partial charge in [-0.25, -0.2) is 4.79 Å². The van der Waals surface area contributed by atoms with Crippen LogP contribution < -0.4 is 5.32 Å². The monoisotopic (exact) mass is 177 g/mol. The molecule has 1 aliphatic rings. The highest BCUT2D eigenvalue weighted by atomic mass is 32.2. The summed E-state index contributed by atoms with van der Waals surface area (Å²) in [4.78, 5) is 10.5. The van der Waals surface area contributed by atoms with Gasteiger partial charge >= 0.3 is 5.97 Å². The molecule has 1 aliphatic heterocycles. The van der Waals surface area contributed by atoms with Crippen LogP contribution in [0.5, 0.6) is 0 Å². The van der Waals surface area contributed by atoms with Crippen molar-refractivity contribution >= 4 is 34.3 Å². The second-order valence-corrected chi connectivity index (χ2v) is 3.99. The molecule has 3 nitrogen and oxygen atoms in total.